The van der Waals surface area contributed by atoms with Gasteiger partial charge in [0.25, 0.3) is 0 Å². The minimum atomic E-state index is -0.488. The van der Waals surface area contributed by atoms with Crippen molar-refractivity contribution in [1.29, 1.82) is 0 Å². The molecule has 0 saturated carbocycles. The molecule has 1 aromatic rings. The van der Waals surface area contributed by atoms with Gasteiger partial charge < -0.3 is 9.31 Å². The van der Waals surface area contributed by atoms with E-state index in [1.54, 1.807) is 11.8 Å². The number of rotatable bonds is 4. The van der Waals surface area contributed by atoms with Gasteiger partial charge in [0.05, 0.1) is 11.2 Å². The van der Waals surface area contributed by atoms with E-state index in [9.17, 15) is 4.79 Å². The fraction of sp³-hybridized carbons (Fsp3) is 0.533. The summed E-state index contributed by atoms with van der Waals surface area (Å²) in [4.78, 5) is 12.4. The molecule has 0 aliphatic carbocycles. The molecule has 0 N–H and O–H groups in total. The highest BCUT2D eigenvalue weighted by atomic mass is 32.2. The average Bonchev–Trinajstić information content (AvgIpc) is 2.59. The second kappa shape index (κ2) is 5.55. The van der Waals surface area contributed by atoms with E-state index in [-0.39, 0.29) is 0 Å². The Morgan fingerprint density at radius 1 is 1.20 bits per heavy atom. The lowest BCUT2D eigenvalue weighted by molar-refractivity contribution is 0.00578. The minimum Gasteiger partial charge on any atom is -0.399 e. The molecule has 0 aromatic heterocycles. The van der Waals surface area contributed by atoms with Gasteiger partial charge in [0.1, 0.15) is 6.29 Å². The van der Waals surface area contributed by atoms with E-state index in [0.717, 1.165) is 22.4 Å². The van der Waals surface area contributed by atoms with Crippen molar-refractivity contribution < 1.29 is 14.1 Å². The summed E-state index contributed by atoms with van der Waals surface area (Å²) in [5.41, 5.74) is 0.651. The third kappa shape index (κ3) is 2.80. The number of benzene rings is 1. The van der Waals surface area contributed by atoms with E-state index in [4.69, 9.17) is 9.31 Å². The number of carbonyl (C=O) groups excluding carboxylic acids is 1. The van der Waals surface area contributed by atoms with Crippen LogP contribution in [0, 0.1) is 0 Å². The molecule has 1 aliphatic rings. The van der Waals surface area contributed by atoms with Gasteiger partial charge >= 0.3 is 7.12 Å². The van der Waals surface area contributed by atoms with Crippen molar-refractivity contribution in [1.82, 2.24) is 0 Å². The van der Waals surface area contributed by atoms with Crippen molar-refractivity contribution >= 4 is 30.6 Å². The van der Waals surface area contributed by atoms with Crippen LogP contribution in [0.25, 0.3) is 0 Å². The largest absolute Gasteiger partial charge is 0.495 e. The summed E-state index contributed by atoms with van der Waals surface area (Å²) in [5.74, 6) is 0.989. The molecule has 1 aliphatic heterocycles. The Balaban J connectivity index is 2.37. The van der Waals surface area contributed by atoms with E-state index in [0.29, 0.717) is 5.56 Å². The van der Waals surface area contributed by atoms with Gasteiger partial charge in [-0.05, 0) is 51.0 Å². The Bertz CT molecular complexity index is 498. The van der Waals surface area contributed by atoms with Crippen LogP contribution in [-0.2, 0) is 9.31 Å². The van der Waals surface area contributed by atoms with E-state index in [1.165, 1.54) is 0 Å². The zero-order chi connectivity index (χ0) is 15.0. The van der Waals surface area contributed by atoms with E-state index in [2.05, 4.69) is 6.92 Å². The minimum absolute atomic E-state index is 0.397. The van der Waals surface area contributed by atoms with Gasteiger partial charge in [0, 0.05) is 10.5 Å². The zero-order valence-electron chi connectivity index (χ0n) is 12.7. The molecule has 0 amide bonds. The number of thioether (sulfide) groups is 1. The van der Waals surface area contributed by atoms with Crippen molar-refractivity contribution in [3.05, 3.63) is 23.8 Å². The van der Waals surface area contributed by atoms with Crippen LogP contribution in [0.1, 0.15) is 45.0 Å². The molecule has 3 nitrogen and oxygen atoms in total. The molecule has 1 aromatic carbocycles. The summed E-state index contributed by atoms with van der Waals surface area (Å²) in [7, 11) is -0.488. The lowest BCUT2D eigenvalue weighted by Crippen LogP contribution is -2.41. The van der Waals surface area contributed by atoms with Crippen LogP contribution in [0.3, 0.4) is 0 Å². The predicted octanol–water partition coefficient (Wildman–Crippen LogP) is 2.91. The van der Waals surface area contributed by atoms with Crippen LogP contribution in [0.5, 0.6) is 0 Å². The standard InChI is InChI=1S/C15H21BO3S/c1-6-20-12-8-7-11(10-17)13(9-12)16-18-14(2,3)15(4,5)19-16/h7-10H,6H2,1-5H3. The van der Waals surface area contributed by atoms with Gasteiger partial charge in [0.15, 0.2) is 0 Å². The van der Waals surface area contributed by atoms with Gasteiger partial charge in [-0.1, -0.05) is 13.0 Å². The summed E-state index contributed by atoms with van der Waals surface area (Å²) >= 11 is 1.74. The molecule has 0 bridgehead atoms. The summed E-state index contributed by atoms with van der Waals surface area (Å²) in [6.07, 6.45) is 0.862. The summed E-state index contributed by atoms with van der Waals surface area (Å²) < 4.78 is 12.1. The van der Waals surface area contributed by atoms with Gasteiger partial charge in [-0.15, -0.1) is 11.8 Å². The lowest BCUT2D eigenvalue weighted by Gasteiger charge is -2.32. The number of carbonyl (C=O) groups is 1. The maximum Gasteiger partial charge on any atom is 0.495 e. The summed E-state index contributed by atoms with van der Waals surface area (Å²) in [5, 5.41) is 0. The van der Waals surface area contributed by atoms with E-state index in [1.807, 2.05) is 45.9 Å². The molecule has 20 heavy (non-hydrogen) atoms. The van der Waals surface area contributed by atoms with Gasteiger partial charge in [0.2, 0.25) is 0 Å². The molecule has 108 valence electrons. The molecule has 2 rings (SSSR count). The maximum atomic E-state index is 11.3. The Hall–Kier alpha value is -0.775. The second-order valence-electron chi connectivity index (χ2n) is 5.93. The Morgan fingerprint density at radius 2 is 1.80 bits per heavy atom. The normalized spacial score (nSPS) is 20.1. The molecule has 1 heterocycles. The quantitative estimate of drug-likeness (QED) is 0.485. The van der Waals surface area contributed by atoms with Crippen molar-refractivity contribution in [3.8, 4) is 0 Å². The monoisotopic (exact) mass is 292 g/mol. The van der Waals surface area contributed by atoms with Crippen LogP contribution in [0.4, 0.5) is 0 Å². The van der Waals surface area contributed by atoms with Crippen molar-refractivity contribution in [2.75, 3.05) is 5.75 Å². The van der Waals surface area contributed by atoms with Crippen LogP contribution < -0.4 is 5.46 Å². The SMILES string of the molecule is CCSc1ccc(C=O)c(B2OC(C)(C)C(C)(C)O2)c1. The molecule has 5 heteroatoms. The lowest BCUT2D eigenvalue weighted by atomic mass is 9.76. The Morgan fingerprint density at radius 3 is 2.30 bits per heavy atom. The fourth-order valence-corrected chi connectivity index (χ4v) is 2.80. The first kappa shape index (κ1) is 15.6. The molecule has 1 saturated heterocycles. The molecule has 0 spiro atoms. The fourth-order valence-electron chi connectivity index (χ4n) is 2.09. The highest BCUT2D eigenvalue weighted by Gasteiger charge is 2.52. The molecule has 1 fully saturated rings. The Kier molecular flexibility index (Phi) is 4.33. The van der Waals surface area contributed by atoms with E-state index >= 15 is 0 Å². The molecule has 0 unspecified atom stereocenters. The van der Waals surface area contributed by atoms with Gasteiger partial charge in [-0.2, -0.15) is 0 Å². The topological polar surface area (TPSA) is 35.5 Å². The smallest absolute Gasteiger partial charge is 0.399 e. The van der Waals surface area contributed by atoms with Crippen LogP contribution in [0.15, 0.2) is 23.1 Å². The molecular formula is C15H21BO3S. The highest BCUT2D eigenvalue weighted by Crippen LogP contribution is 2.36. The van der Waals surface area contributed by atoms with Crippen molar-refractivity contribution in [3.63, 3.8) is 0 Å². The Labute approximate surface area is 125 Å². The summed E-state index contributed by atoms with van der Waals surface area (Å²) in [6, 6.07) is 5.80. The van der Waals surface area contributed by atoms with Crippen LogP contribution >= 0.6 is 11.8 Å². The van der Waals surface area contributed by atoms with Crippen molar-refractivity contribution in [2.45, 2.75) is 50.7 Å². The predicted molar refractivity (Wildman–Crippen MR) is 83.9 cm³/mol. The number of hydrogen-bond donors (Lipinski definition) is 0. The first-order chi connectivity index (χ1) is 9.30. The number of aldehydes is 1. The molecule has 0 atom stereocenters. The third-order valence-corrected chi connectivity index (χ3v) is 4.88. The summed E-state index contributed by atoms with van der Waals surface area (Å²) in [6.45, 7) is 10.2. The molecule has 0 radical (unpaired) electrons. The van der Waals surface area contributed by atoms with Crippen LogP contribution in [0.2, 0.25) is 0 Å². The van der Waals surface area contributed by atoms with Gasteiger partial charge in [-0.25, -0.2) is 0 Å². The third-order valence-electron chi connectivity index (χ3n) is 4.00. The maximum absolute atomic E-state index is 11.3. The number of hydrogen-bond acceptors (Lipinski definition) is 4. The first-order valence-corrected chi connectivity index (χ1v) is 7.87. The molecular weight excluding hydrogens is 271 g/mol. The van der Waals surface area contributed by atoms with Crippen LogP contribution in [-0.4, -0.2) is 30.4 Å². The second-order valence-corrected chi connectivity index (χ2v) is 7.27. The zero-order valence-corrected chi connectivity index (χ0v) is 13.5. The first-order valence-electron chi connectivity index (χ1n) is 6.88. The van der Waals surface area contributed by atoms with Crippen molar-refractivity contribution in [2.24, 2.45) is 0 Å². The average molecular weight is 292 g/mol. The van der Waals surface area contributed by atoms with Gasteiger partial charge in [-0.3, -0.25) is 4.79 Å². The van der Waals surface area contributed by atoms with E-state index < -0.39 is 18.3 Å². The highest BCUT2D eigenvalue weighted by molar-refractivity contribution is 7.99.